The lowest BCUT2D eigenvalue weighted by atomic mass is 10.1. The van der Waals surface area contributed by atoms with E-state index in [-0.39, 0.29) is 30.4 Å². The monoisotopic (exact) mass is 432 g/mol. The predicted octanol–water partition coefficient (Wildman–Crippen LogP) is 4.30. The highest BCUT2D eigenvalue weighted by molar-refractivity contribution is 7.16. The van der Waals surface area contributed by atoms with Crippen molar-refractivity contribution in [1.29, 1.82) is 0 Å². The summed E-state index contributed by atoms with van der Waals surface area (Å²) >= 11 is 3.02. The average molecular weight is 433 g/mol. The number of amides is 2. The second-order valence-corrected chi connectivity index (χ2v) is 9.79. The zero-order valence-electron chi connectivity index (χ0n) is 16.5. The SMILES string of the molecule is Cc1sc(NC(=O)C2CC2)c(C(=O)OCC(=O)N2CCCC2c2cccs2)c1C. The third-order valence-electron chi connectivity index (χ3n) is 5.55. The van der Waals surface area contributed by atoms with Gasteiger partial charge in [0.1, 0.15) is 5.00 Å². The Balaban J connectivity index is 1.41. The molecular weight excluding hydrogens is 408 g/mol. The first-order valence-electron chi connectivity index (χ1n) is 9.86. The van der Waals surface area contributed by atoms with Gasteiger partial charge in [0.15, 0.2) is 6.61 Å². The van der Waals surface area contributed by atoms with E-state index in [9.17, 15) is 14.4 Å². The molecule has 1 unspecified atom stereocenters. The maximum absolute atomic E-state index is 12.8. The van der Waals surface area contributed by atoms with E-state index in [1.54, 1.807) is 16.2 Å². The molecule has 154 valence electrons. The minimum absolute atomic E-state index is 0.0486. The zero-order valence-corrected chi connectivity index (χ0v) is 18.2. The van der Waals surface area contributed by atoms with Crippen molar-refractivity contribution in [2.45, 2.75) is 45.6 Å². The van der Waals surface area contributed by atoms with Crippen molar-refractivity contribution in [2.24, 2.45) is 5.92 Å². The third kappa shape index (κ3) is 4.23. The number of hydrogen-bond acceptors (Lipinski definition) is 6. The Morgan fingerprint density at radius 1 is 1.24 bits per heavy atom. The molecule has 2 amide bonds. The van der Waals surface area contributed by atoms with Crippen LogP contribution in [0.1, 0.15) is 57.4 Å². The van der Waals surface area contributed by atoms with Gasteiger partial charge in [-0.05, 0) is 56.5 Å². The van der Waals surface area contributed by atoms with E-state index in [2.05, 4.69) is 5.32 Å². The number of carbonyl (C=O) groups excluding carboxylic acids is 3. The zero-order chi connectivity index (χ0) is 20.5. The van der Waals surface area contributed by atoms with Gasteiger partial charge in [-0.25, -0.2) is 4.79 Å². The van der Waals surface area contributed by atoms with Crippen LogP contribution in [-0.4, -0.2) is 35.8 Å². The molecule has 8 heteroatoms. The number of likely N-dealkylation sites (tertiary alicyclic amines) is 1. The second-order valence-electron chi connectivity index (χ2n) is 7.59. The fourth-order valence-corrected chi connectivity index (χ4v) is 5.57. The van der Waals surface area contributed by atoms with Crippen LogP contribution in [-0.2, 0) is 14.3 Å². The van der Waals surface area contributed by atoms with Gasteiger partial charge in [0.25, 0.3) is 5.91 Å². The highest BCUT2D eigenvalue weighted by Gasteiger charge is 2.33. The number of nitrogens with one attached hydrogen (secondary N) is 1. The molecule has 1 N–H and O–H groups in total. The van der Waals surface area contributed by atoms with Crippen molar-refractivity contribution >= 4 is 45.5 Å². The van der Waals surface area contributed by atoms with Gasteiger partial charge in [-0.1, -0.05) is 6.07 Å². The molecule has 1 aliphatic carbocycles. The molecule has 2 aromatic heterocycles. The maximum atomic E-state index is 12.8. The fourth-order valence-electron chi connectivity index (χ4n) is 3.64. The minimum Gasteiger partial charge on any atom is -0.452 e. The first-order valence-corrected chi connectivity index (χ1v) is 11.6. The Labute approximate surface area is 177 Å². The highest BCUT2D eigenvalue weighted by atomic mass is 32.1. The van der Waals surface area contributed by atoms with E-state index in [1.807, 2.05) is 31.4 Å². The molecule has 1 saturated carbocycles. The molecule has 0 radical (unpaired) electrons. The van der Waals surface area contributed by atoms with Gasteiger partial charge >= 0.3 is 5.97 Å². The summed E-state index contributed by atoms with van der Waals surface area (Å²) in [5.41, 5.74) is 1.15. The van der Waals surface area contributed by atoms with Crippen LogP contribution < -0.4 is 5.32 Å². The summed E-state index contributed by atoms with van der Waals surface area (Å²) in [4.78, 5) is 41.5. The molecule has 1 aliphatic heterocycles. The van der Waals surface area contributed by atoms with Crippen LogP contribution in [0.25, 0.3) is 0 Å². The van der Waals surface area contributed by atoms with E-state index < -0.39 is 5.97 Å². The number of anilines is 1. The van der Waals surface area contributed by atoms with E-state index in [1.165, 1.54) is 11.3 Å². The van der Waals surface area contributed by atoms with E-state index in [0.29, 0.717) is 17.1 Å². The van der Waals surface area contributed by atoms with Crippen LogP contribution in [0.15, 0.2) is 17.5 Å². The molecule has 1 saturated heterocycles. The Bertz CT molecular complexity index is 931. The van der Waals surface area contributed by atoms with Crippen molar-refractivity contribution in [3.63, 3.8) is 0 Å². The van der Waals surface area contributed by atoms with E-state index in [0.717, 1.165) is 41.0 Å². The lowest BCUT2D eigenvalue weighted by Crippen LogP contribution is -2.34. The summed E-state index contributed by atoms with van der Waals surface area (Å²) < 4.78 is 5.39. The highest BCUT2D eigenvalue weighted by Crippen LogP contribution is 2.37. The smallest absolute Gasteiger partial charge is 0.341 e. The molecule has 1 atom stereocenters. The van der Waals surface area contributed by atoms with Gasteiger partial charge in [0.05, 0.1) is 11.6 Å². The summed E-state index contributed by atoms with van der Waals surface area (Å²) in [6.45, 7) is 4.14. The molecule has 29 heavy (non-hydrogen) atoms. The van der Waals surface area contributed by atoms with Crippen LogP contribution in [0.3, 0.4) is 0 Å². The topological polar surface area (TPSA) is 75.7 Å². The molecular formula is C21H24N2O4S2. The van der Waals surface area contributed by atoms with Crippen molar-refractivity contribution in [3.05, 3.63) is 38.4 Å². The Hall–Kier alpha value is -2.19. The average Bonchev–Trinajstić information content (AvgIpc) is 3.09. The van der Waals surface area contributed by atoms with Crippen LogP contribution in [0.4, 0.5) is 5.00 Å². The molecule has 2 aromatic rings. The number of hydrogen-bond donors (Lipinski definition) is 1. The number of nitrogens with zero attached hydrogens (tertiary/aromatic N) is 1. The summed E-state index contributed by atoms with van der Waals surface area (Å²) in [5.74, 6) is -0.736. The number of ether oxygens (including phenoxy) is 1. The minimum atomic E-state index is -0.557. The lowest BCUT2D eigenvalue weighted by Gasteiger charge is -2.23. The van der Waals surface area contributed by atoms with Gasteiger partial charge in [0.2, 0.25) is 5.91 Å². The molecule has 6 nitrogen and oxygen atoms in total. The van der Waals surface area contributed by atoms with Crippen LogP contribution in [0, 0.1) is 19.8 Å². The normalized spacial score (nSPS) is 18.7. The molecule has 4 rings (SSSR count). The van der Waals surface area contributed by atoms with Gasteiger partial charge in [-0.3, -0.25) is 9.59 Å². The predicted molar refractivity (Wildman–Crippen MR) is 113 cm³/mol. The van der Waals surface area contributed by atoms with Crippen LogP contribution >= 0.6 is 22.7 Å². The maximum Gasteiger partial charge on any atom is 0.341 e. The number of aryl methyl sites for hydroxylation is 1. The van der Waals surface area contributed by atoms with Crippen molar-refractivity contribution in [1.82, 2.24) is 4.90 Å². The van der Waals surface area contributed by atoms with Gasteiger partial charge in [-0.2, -0.15) is 0 Å². The Morgan fingerprint density at radius 3 is 2.72 bits per heavy atom. The molecule has 2 aliphatic rings. The summed E-state index contributed by atoms with van der Waals surface area (Å²) in [6, 6.07) is 4.10. The van der Waals surface area contributed by atoms with Crippen molar-refractivity contribution in [3.8, 4) is 0 Å². The Kier molecular flexibility index (Phi) is 5.74. The van der Waals surface area contributed by atoms with Gasteiger partial charge in [0, 0.05) is 22.2 Å². The number of rotatable bonds is 6. The summed E-state index contributed by atoms with van der Waals surface area (Å²) in [6.07, 6.45) is 3.66. The number of esters is 1. The van der Waals surface area contributed by atoms with Gasteiger partial charge < -0.3 is 15.0 Å². The molecule has 0 bridgehead atoms. The second kappa shape index (κ2) is 8.28. The molecule has 3 heterocycles. The largest absolute Gasteiger partial charge is 0.452 e. The third-order valence-corrected chi connectivity index (χ3v) is 7.64. The number of thiophene rings is 2. The molecule has 2 fully saturated rings. The quantitative estimate of drug-likeness (QED) is 0.691. The lowest BCUT2D eigenvalue weighted by molar-refractivity contribution is -0.135. The van der Waals surface area contributed by atoms with Crippen LogP contribution in [0.2, 0.25) is 0 Å². The number of carbonyl (C=O) groups is 3. The summed E-state index contributed by atoms with van der Waals surface area (Å²) in [5, 5.41) is 5.40. The van der Waals surface area contributed by atoms with Crippen molar-refractivity contribution < 1.29 is 19.1 Å². The Morgan fingerprint density at radius 2 is 2.03 bits per heavy atom. The molecule has 0 spiro atoms. The summed E-state index contributed by atoms with van der Waals surface area (Å²) in [7, 11) is 0. The standard InChI is InChI=1S/C21H24N2O4S2/c1-12-13(2)29-20(22-19(25)14-7-8-14)18(12)21(26)27-11-17(24)23-9-3-5-15(23)16-6-4-10-28-16/h4,6,10,14-15H,3,5,7-9,11H2,1-2H3,(H,22,25). The fraction of sp³-hybridized carbons (Fsp3) is 0.476. The first kappa shape index (κ1) is 20.1. The van der Waals surface area contributed by atoms with E-state index >= 15 is 0 Å². The molecule has 0 aromatic carbocycles. The van der Waals surface area contributed by atoms with Crippen molar-refractivity contribution in [2.75, 3.05) is 18.5 Å². The first-order chi connectivity index (χ1) is 14.0. The van der Waals surface area contributed by atoms with Gasteiger partial charge in [-0.15, -0.1) is 22.7 Å². The van der Waals surface area contributed by atoms with E-state index in [4.69, 9.17) is 4.74 Å². The van der Waals surface area contributed by atoms with Crippen LogP contribution in [0.5, 0.6) is 0 Å².